The Kier molecular flexibility index (Phi) is 4.77. The first kappa shape index (κ1) is 14.6. The van der Waals surface area contributed by atoms with E-state index in [2.05, 4.69) is 5.32 Å². The number of rotatable bonds is 4. The number of benzene rings is 2. The van der Waals surface area contributed by atoms with Crippen LogP contribution in [-0.4, -0.2) is 5.91 Å². The van der Waals surface area contributed by atoms with Crippen LogP contribution in [0.4, 0.5) is 0 Å². The summed E-state index contributed by atoms with van der Waals surface area (Å²) >= 11 is 6.15. The highest BCUT2D eigenvalue weighted by Crippen LogP contribution is 2.20. The molecule has 0 bridgehead atoms. The van der Waals surface area contributed by atoms with E-state index in [0.717, 1.165) is 16.7 Å². The van der Waals surface area contributed by atoms with Crippen molar-refractivity contribution in [3.05, 3.63) is 69.7 Å². The van der Waals surface area contributed by atoms with Crippen molar-refractivity contribution in [2.24, 2.45) is 5.73 Å². The van der Waals surface area contributed by atoms with E-state index < -0.39 is 0 Å². The van der Waals surface area contributed by atoms with Crippen LogP contribution in [0.2, 0.25) is 5.02 Å². The van der Waals surface area contributed by atoms with Crippen LogP contribution < -0.4 is 11.1 Å². The Morgan fingerprint density at radius 2 is 1.85 bits per heavy atom. The third-order valence-corrected chi connectivity index (χ3v) is 3.72. The molecule has 0 fully saturated rings. The van der Waals surface area contributed by atoms with E-state index in [9.17, 15) is 4.79 Å². The van der Waals surface area contributed by atoms with E-state index in [4.69, 9.17) is 17.3 Å². The molecule has 0 aliphatic heterocycles. The van der Waals surface area contributed by atoms with E-state index in [-0.39, 0.29) is 5.91 Å². The predicted octanol–water partition coefficient (Wildman–Crippen LogP) is 3.04. The molecule has 0 saturated heterocycles. The van der Waals surface area contributed by atoms with Gasteiger partial charge in [-0.2, -0.15) is 0 Å². The van der Waals surface area contributed by atoms with E-state index in [1.54, 1.807) is 6.07 Å². The zero-order valence-electron chi connectivity index (χ0n) is 11.3. The van der Waals surface area contributed by atoms with Gasteiger partial charge in [-0.05, 0) is 29.7 Å². The van der Waals surface area contributed by atoms with Crippen LogP contribution in [0.15, 0.2) is 42.5 Å². The lowest BCUT2D eigenvalue weighted by Crippen LogP contribution is -2.24. The summed E-state index contributed by atoms with van der Waals surface area (Å²) in [5, 5.41) is 3.38. The van der Waals surface area contributed by atoms with Crippen LogP contribution in [0.25, 0.3) is 0 Å². The highest BCUT2D eigenvalue weighted by Gasteiger charge is 2.11. The predicted molar refractivity (Wildman–Crippen MR) is 81.7 cm³/mol. The monoisotopic (exact) mass is 288 g/mol. The number of aryl methyl sites for hydroxylation is 1. The van der Waals surface area contributed by atoms with Crippen molar-refractivity contribution in [2.45, 2.75) is 20.0 Å². The van der Waals surface area contributed by atoms with Crippen molar-refractivity contribution < 1.29 is 4.79 Å². The number of amides is 1. The fourth-order valence-electron chi connectivity index (χ4n) is 2.02. The smallest absolute Gasteiger partial charge is 0.253 e. The minimum Gasteiger partial charge on any atom is -0.348 e. The van der Waals surface area contributed by atoms with Crippen LogP contribution in [-0.2, 0) is 13.1 Å². The van der Waals surface area contributed by atoms with Crippen molar-refractivity contribution in [3.8, 4) is 0 Å². The lowest BCUT2D eigenvalue weighted by Gasteiger charge is -2.10. The topological polar surface area (TPSA) is 55.1 Å². The van der Waals surface area contributed by atoms with Crippen LogP contribution in [0.5, 0.6) is 0 Å². The minimum absolute atomic E-state index is 0.175. The Hall–Kier alpha value is -1.84. The number of halogens is 1. The summed E-state index contributed by atoms with van der Waals surface area (Å²) in [4.78, 5) is 12.2. The Balaban J connectivity index is 2.11. The normalized spacial score (nSPS) is 10.3. The van der Waals surface area contributed by atoms with Crippen LogP contribution in [0.1, 0.15) is 27.0 Å². The number of carbonyl (C=O) groups is 1. The van der Waals surface area contributed by atoms with Crippen molar-refractivity contribution in [2.75, 3.05) is 0 Å². The van der Waals surface area contributed by atoms with Gasteiger partial charge in [0.25, 0.3) is 5.91 Å². The summed E-state index contributed by atoms with van der Waals surface area (Å²) < 4.78 is 0. The molecule has 0 atom stereocenters. The molecule has 2 aromatic carbocycles. The molecule has 0 unspecified atom stereocenters. The second-order valence-electron chi connectivity index (χ2n) is 4.59. The average Bonchev–Trinajstić information content (AvgIpc) is 2.48. The Labute approximate surface area is 123 Å². The maximum atomic E-state index is 12.2. The second kappa shape index (κ2) is 6.55. The van der Waals surface area contributed by atoms with Crippen molar-refractivity contribution in [1.29, 1.82) is 0 Å². The van der Waals surface area contributed by atoms with Gasteiger partial charge in [0.2, 0.25) is 0 Å². The first-order valence-corrected chi connectivity index (χ1v) is 6.81. The number of hydrogen-bond donors (Lipinski definition) is 2. The first-order chi connectivity index (χ1) is 9.63. The molecular weight excluding hydrogens is 272 g/mol. The number of nitrogens with one attached hydrogen (secondary N) is 1. The Morgan fingerprint density at radius 1 is 1.15 bits per heavy atom. The molecule has 3 N–H and O–H groups in total. The van der Waals surface area contributed by atoms with Crippen LogP contribution >= 0.6 is 11.6 Å². The molecule has 2 aromatic rings. The van der Waals surface area contributed by atoms with E-state index in [0.29, 0.717) is 23.7 Å². The number of carbonyl (C=O) groups excluding carboxylic acids is 1. The lowest BCUT2D eigenvalue weighted by molar-refractivity contribution is 0.0951. The number of nitrogens with two attached hydrogens (primary N) is 1. The molecule has 0 aromatic heterocycles. The molecule has 4 heteroatoms. The maximum Gasteiger partial charge on any atom is 0.253 e. The van der Waals surface area contributed by atoms with Crippen molar-refractivity contribution >= 4 is 17.5 Å². The highest BCUT2D eigenvalue weighted by molar-refractivity contribution is 6.34. The average molecular weight is 289 g/mol. The molecule has 0 saturated carbocycles. The zero-order chi connectivity index (χ0) is 14.5. The molecular formula is C16H17ClN2O. The van der Waals surface area contributed by atoms with Gasteiger partial charge < -0.3 is 11.1 Å². The van der Waals surface area contributed by atoms with Gasteiger partial charge in [-0.1, -0.05) is 48.0 Å². The molecule has 0 aliphatic carbocycles. The van der Waals surface area contributed by atoms with Crippen LogP contribution in [0, 0.1) is 6.92 Å². The molecule has 2 rings (SSSR count). The quantitative estimate of drug-likeness (QED) is 0.908. The molecule has 0 radical (unpaired) electrons. The lowest BCUT2D eigenvalue weighted by atomic mass is 10.1. The van der Waals surface area contributed by atoms with E-state index in [1.807, 2.05) is 43.3 Å². The molecule has 3 nitrogen and oxygen atoms in total. The SMILES string of the molecule is Cc1cccc(C(=O)NCc2ccccc2CN)c1Cl. The first-order valence-electron chi connectivity index (χ1n) is 6.43. The Bertz CT molecular complexity index is 626. The molecule has 20 heavy (non-hydrogen) atoms. The van der Waals surface area contributed by atoms with Crippen LogP contribution in [0.3, 0.4) is 0 Å². The minimum atomic E-state index is -0.175. The largest absolute Gasteiger partial charge is 0.348 e. The molecule has 0 aliphatic rings. The molecule has 1 amide bonds. The van der Waals surface area contributed by atoms with Gasteiger partial charge in [0.15, 0.2) is 0 Å². The van der Waals surface area contributed by atoms with E-state index >= 15 is 0 Å². The summed E-state index contributed by atoms with van der Waals surface area (Å²) in [5.74, 6) is -0.175. The molecule has 0 spiro atoms. The maximum absolute atomic E-state index is 12.2. The number of hydrogen-bond acceptors (Lipinski definition) is 2. The van der Waals surface area contributed by atoms with Gasteiger partial charge in [0, 0.05) is 13.1 Å². The molecule has 104 valence electrons. The third kappa shape index (κ3) is 3.18. The highest BCUT2D eigenvalue weighted by atomic mass is 35.5. The fourth-order valence-corrected chi connectivity index (χ4v) is 2.23. The summed E-state index contributed by atoms with van der Waals surface area (Å²) in [7, 11) is 0. The zero-order valence-corrected chi connectivity index (χ0v) is 12.1. The second-order valence-corrected chi connectivity index (χ2v) is 4.97. The van der Waals surface area contributed by atoms with Crippen molar-refractivity contribution in [1.82, 2.24) is 5.32 Å². The Morgan fingerprint density at radius 3 is 2.55 bits per heavy atom. The summed E-state index contributed by atoms with van der Waals surface area (Å²) in [5.41, 5.74) is 9.12. The van der Waals surface area contributed by atoms with Gasteiger partial charge in [0.05, 0.1) is 10.6 Å². The van der Waals surface area contributed by atoms with E-state index in [1.165, 1.54) is 0 Å². The summed E-state index contributed by atoms with van der Waals surface area (Å²) in [6, 6.07) is 13.2. The van der Waals surface area contributed by atoms with Gasteiger partial charge in [0.1, 0.15) is 0 Å². The molecule has 0 heterocycles. The third-order valence-electron chi connectivity index (χ3n) is 3.21. The van der Waals surface area contributed by atoms with Gasteiger partial charge in [-0.25, -0.2) is 0 Å². The van der Waals surface area contributed by atoms with Crippen molar-refractivity contribution in [3.63, 3.8) is 0 Å². The van der Waals surface area contributed by atoms with Gasteiger partial charge in [-0.3, -0.25) is 4.79 Å². The standard InChI is InChI=1S/C16H17ClN2O/c1-11-5-4-8-14(15(11)17)16(20)19-10-13-7-3-2-6-12(13)9-18/h2-8H,9-10,18H2,1H3,(H,19,20). The summed E-state index contributed by atoms with van der Waals surface area (Å²) in [6.07, 6.45) is 0. The fraction of sp³-hybridized carbons (Fsp3) is 0.188. The summed E-state index contributed by atoms with van der Waals surface area (Å²) in [6.45, 7) is 2.77. The van der Waals surface area contributed by atoms with Gasteiger partial charge in [-0.15, -0.1) is 0 Å². The van der Waals surface area contributed by atoms with Gasteiger partial charge >= 0.3 is 0 Å².